The van der Waals surface area contributed by atoms with E-state index in [4.69, 9.17) is 9.47 Å². The predicted octanol–water partition coefficient (Wildman–Crippen LogP) is 3.03. The Morgan fingerprint density at radius 2 is 2.05 bits per heavy atom. The summed E-state index contributed by atoms with van der Waals surface area (Å²) >= 11 is 0. The van der Waals surface area contributed by atoms with Gasteiger partial charge in [-0.2, -0.15) is 0 Å². The number of aromatic nitrogens is 2. The maximum atomic E-state index is 11.1. The van der Waals surface area contributed by atoms with Gasteiger partial charge < -0.3 is 9.47 Å². The molecule has 3 aromatic rings. The van der Waals surface area contributed by atoms with Gasteiger partial charge >= 0.3 is 0 Å². The number of methoxy groups -OCH3 is 1. The van der Waals surface area contributed by atoms with Crippen LogP contribution < -0.4 is 9.47 Å². The van der Waals surface area contributed by atoms with Crippen LogP contribution in [-0.2, 0) is 6.61 Å². The minimum absolute atomic E-state index is 0.216. The standard InChI is InChI=1S/C17H14N2O3/c1-21-17-7-6-16(15(10-20)19-17)22-11-12-8-13-4-2-3-5-14(13)18-9-12/h2-10H,11H2,1H3. The van der Waals surface area contributed by atoms with Crippen molar-refractivity contribution >= 4 is 17.2 Å². The van der Waals surface area contributed by atoms with E-state index in [1.807, 2.05) is 30.3 Å². The second-order valence-electron chi connectivity index (χ2n) is 4.68. The molecule has 0 bridgehead atoms. The molecule has 0 spiro atoms. The SMILES string of the molecule is COc1ccc(OCc2cnc3ccccc3c2)c(C=O)n1. The van der Waals surface area contributed by atoms with Crippen LogP contribution >= 0.6 is 0 Å². The van der Waals surface area contributed by atoms with Gasteiger partial charge in [0.05, 0.1) is 12.6 Å². The topological polar surface area (TPSA) is 61.3 Å². The molecule has 0 N–H and O–H groups in total. The number of para-hydroxylation sites is 1. The highest BCUT2D eigenvalue weighted by molar-refractivity contribution is 5.78. The number of fused-ring (bicyclic) bond motifs is 1. The Balaban J connectivity index is 1.80. The molecule has 0 atom stereocenters. The Bertz CT molecular complexity index is 818. The molecule has 0 amide bonds. The molecule has 5 nitrogen and oxygen atoms in total. The lowest BCUT2D eigenvalue weighted by Gasteiger charge is -2.09. The number of benzene rings is 1. The van der Waals surface area contributed by atoms with Gasteiger partial charge in [0.25, 0.3) is 0 Å². The van der Waals surface area contributed by atoms with Crippen molar-refractivity contribution in [1.82, 2.24) is 9.97 Å². The molecule has 2 aromatic heterocycles. The van der Waals surface area contributed by atoms with Gasteiger partial charge in [-0.1, -0.05) is 18.2 Å². The summed E-state index contributed by atoms with van der Waals surface area (Å²) in [7, 11) is 1.50. The average Bonchev–Trinajstić information content (AvgIpc) is 2.59. The first-order valence-corrected chi connectivity index (χ1v) is 6.77. The molecule has 0 aliphatic heterocycles. The second kappa shape index (κ2) is 6.22. The van der Waals surface area contributed by atoms with Crippen molar-refractivity contribution in [2.75, 3.05) is 7.11 Å². The lowest BCUT2D eigenvalue weighted by Crippen LogP contribution is -2.01. The third-order valence-electron chi connectivity index (χ3n) is 3.22. The van der Waals surface area contributed by atoms with Crippen LogP contribution in [0.4, 0.5) is 0 Å². The maximum absolute atomic E-state index is 11.1. The largest absolute Gasteiger partial charge is 0.486 e. The lowest BCUT2D eigenvalue weighted by molar-refractivity contribution is 0.111. The summed E-state index contributed by atoms with van der Waals surface area (Å²) in [5, 5.41) is 1.05. The molecule has 0 aliphatic rings. The molecule has 2 heterocycles. The number of carbonyl (C=O) groups excluding carboxylic acids is 1. The van der Waals surface area contributed by atoms with Crippen LogP contribution in [0.15, 0.2) is 48.7 Å². The van der Waals surface area contributed by atoms with Gasteiger partial charge in [-0.05, 0) is 18.2 Å². The highest BCUT2D eigenvalue weighted by atomic mass is 16.5. The van der Waals surface area contributed by atoms with E-state index in [9.17, 15) is 4.79 Å². The molecular formula is C17H14N2O3. The molecule has 0 unspecified atom stereocenters. The van der Waals surface area contributed by atoms with Crippen LogP contribution in [-0.4, -0.2) is 23.4 Å². The van der Waals surface area contributed by atoms with E-state index in [0.29, 0.717) is 24.5 Å². The molecule has 5 heteroatoms. The number of pyridine rings is 2. The van der Waals surface area contributed by atoms with Gasteiger partial charge in [0, 0.05) is 23.2 Å². The van der Waals surface area contributed by atoms with E-state index >= 15 is 0 Å². The van der Waals surface area contributed by atoms with Crippen LogP contribution in [0.3, 0.4) is 0 Å². The number of hydrogen-bond donors (Lipinski definition) is 0. The summed E-state index contributed by atoms with van der Waals surface area (Å²) in [6.07, 6.45) is 2.41. The lowest BCUT2D eigenvalue weighted by atomic mass is 10.2. The fourth-order valence-electron chi connectivity index (χ4n) is 2.12. The molecule has 0 saturated carbocycles. The summed E-state index contributed by atoms with van der Waals surface area (Å²) in [6.45, 7) is 0.312. The number of nitrogens with zero attached hydrogens (tertiary/aromatic N) is 2. The van der Waals surface area contributed by atoms with Crippen molar-refractivity contribution in [2.24, 2.45) is 0 Å². The molecule has 1 aromatic carbocycles. The van der Waals surface area contributed by atoms with Crippen LogP contribution in [0.2, 0.25) is 0 Å². The first-order valence-electron chi connectivity index (χ1n) is 6.77. The van der Waals surface area contributed by atoms with E-state index in [1.165, 1.54) is 7.11 Å². The first kappa shape index (κ1) is 14.0. The smallest absolute Gasteiger partial charge is 0.213 e. The van der Waals surface area contributed by atoms with Crippen LogP contribution in [0, 0.1) is 0 Å². The molecule has 110 valence electrons. The minimum Gasteiger partial charge on any atom is -0.486 e. The van der Waals surface area contributed by atoms with Gasteiger partial charge in [0.1, 0.15) is 18.1 Å². The zero-order valence-corrected chi connectivity index (χ0v) is 12.0. The van der Waals surface area contributed by atoms with E-state index in [-0.39, 0.29) is 5.69 Å². The van der Waals surface area contributed by atoms with Gasteiger partial charge in [0.15, 0.2) is 6.29 Å². The third-order valence-corrected chi connectivity index (χ3v) is 3.22. The Morgan fingerprint density at radius 1 is 1.18 bits per heavy atom. The van der Waals surface area contributed by atoms with Gasteiger partial charge in [-0.3, -0.25) is 9.78 Å². The van der Waals surface area contributed by atoms with E-state index < -0.39 is 0 Å². The number of aldehydes is 1. The van der Waals surface area contributed by atoms with Crippen LogP contribution in [0.25, 0.3) is 10.9 Å². The monoisotopic (exact) mass is 294 g/mol. The van der Waals surface area contributed by atoms with E-state index in [2.05, 4.69) is 9.97 Å². The van der Waals surface area contributed by atoms with Crippen molar-refractivity contribution < 1.29 is 14.3 Å². The van der Waals surface area contributed by atoms with Crippen molar-refractivity contribution in [3.63, 3.8) is 0 Å². The van der Waals surface area contributed by atoms with Gasteiger partial charge in [0.2, 0.25) is 5.88 Å². The summed E-state index contributed by atoms with van der Waals surface area (Å²) in [5.41, 5.74) is 2.07. The Labute approximate surface area is 127 Å². The number of hydrogen-bond acceptors (Lipinski definition) is 5. The zero-order valence-electron chi connectivity index (χ0n) is 12.0. The van der Waals surface area contributed by atoms with Crippen molar-refractivity contribution in [1.29, 1.82) is 0 Å². The second-order valence-corrected chi connectivity index (χ2v) is 4.68. The Hall–Kier alpha value is -2.95. The van der Waals surface area contributed by atoms with Crippen LogP contribution in [0.1, 0.15) is 16.1 Å². The predicted molar refractivity (Wildman–Crippen MR) is 82.3 cm³/mol. The Morgan fingerprint density at radius 3 is 2.86 bits per heavy atom. The summed E-state index contributed by atoms with van der Waals surface area (Å²) in [4.78, 5) is 19.5. The first-order chi connectivity index (χ1) is 10.8. The van der Waals surface area contributed by atoms with Crippen molar-refractivity contribution in [3.05, 3.63) is 59.9 Å². The molecule has 0 aliphatic carbocycles. The molecule has 0 fully saturated rings. The molecule has 0 radical (unpaired) electrons. The summed E-state index contributed by atoms with van der Waals surface area (Å²) < 4.78 is 10.7. The molecule has 0 saturated heterocycles. The normalized spacial score (nSPS) is 10.4. The molecule has 22 heavy (non-hydrogen) atoms. The van der Waals surface area contributed by atoms with Gasteiger partial charge in [-0.15, -0.1) is 0 Å². The highest BCUT2D eigenvalue weighted by Crippen LogP contribution is 2.20. The fraction of sp³-hybridized carbons (Fsp3) is 0.118. The quantitative estimate of drug-likeness (QED) is 0.677. The highest BCUT2D eigenvalue weighted by Gasteiger charge is 2.07. The van der Waals surface area contributed by atoms with E-state index in [1.54, 1.807) is 18.3 Å². The fourth-order valence-corrected chi connectivity index (χ4v) is 2.12. The number of ether oxygens (including phenoxy) is 2. The van der Waals surface area contributed by atoms with Gasteiger partial charge in [-0.25, -0.2) is 4.98 Å². The minimum atomic E-state index is 0.216. The van der Waals surface area contributed by atoms with Crippen LogP contribution in [0.5, 0.6) is 11.6 Å². The molecular weight excluding hydrogens is 280 g/mol. The van der Waals surface area contributed by atoms with Crippen molar-refractivity contribution in [3.8, 4) is 11.6 Å². The average molecular weight is 294 g/mol. The Kier molecular flexibility index (Phi) is 3.96. The number of carbonyl (C=O) groups is 1. The summed E-state index contributed by atoms with van der Waals surface area (Å²) in [6, 6.07) is 13.2. The van der Waals surface area contributed by atoms with E-state index in [0.717, 1.165) is 16.5 Å². The zero-order chi connectivity index (χ0) is 15.4. The maximum Gasteiger partial charge on any atom is 0.213 e. The summed E-state index contributed by atoms with van der Waals surface area (Å²) in [5.74, 6) is 0.797. The number of rotatable bonds is 5. The third kappa shape index (κ3) is 2.88. The van der Waals surface area contributed by atoms with Crippen molar-refractivity contribution in [2.45, 2.75) is 6.61 Å². The molecule has 3 rings (SSSR count).